The van der Waals surface area contributed by atoms with E-state index in [2.05, 4.69) is 15.5 Å². The van der Waals surface area contributed by atoms with E-state index in [1.54, 1.807) is 35.8 Å². The minimum Gasteiger partial charge on any atom is -0.454 e. The summed E-state index contributed by atoms with van der Waals surface area (Å²) >= 11 is 13.1. The molecule has 9 heteroatoms. The second-order valence-electron chi connectivity index (χ2n) is 6.39. The predicted molar refractivity (Wildman–Crippen MR) is 122 cm³/mol. The number of nitrogens with one attached hydrogen (secondary N) is 2. The van der Waals surface area contributed by atoms with Crippen molar-refractivity contribution in [1.82, 2.24) is 14.8 Å². The first-order chi connectivity index (χ1) is 14.5. The van der Waals surface area contributed by atoms with Crippen LogP contribution in [0.15, 0.2) is 66.0 Å². The zero-order valence-electron chi connectivity index (χ0n) is 15.8. The maximum absolute atomic E-state index is 13.1. The fraction of sp³-hybridized carbons (Fsp3) is 0.0952. The van der Waals surface area contributed by atoms with Gasteiger partial charge in [0.15, 0.2) is 16.3 Å². The van der Waals surface area contributed by atoms with E-state index < -0.39 is 6.04 Å². The number of aromatic nitrogens is 3. The van der Waals surface area contributed by atoms with Gasteiger partial charge in [-0.05, 0) is 54.9 Å². The number of hydrogen-bond acceptors (Lipinski definition) is 5. The van der Waals surface area contributed by atoms with Crippen molar-refractivity contribution < 1.29 is 9.53 Å². The summed E-state index contributed by atoms with van der Waals surface area (Å²) in [4.78, 5) is 14.0. The lowest BCUT2D eigenvalue weighted by molar-refractivity contribution is -0.118. The van der Waals surface area contributed by atoms with Crippen molar-refractivity contribution in [3.63, 3.8) is 0 Å². The van der Waals surface area contributed by atoms with Crippen LogP contribution in [-0.2, 0) is 4.79 Å². The minimum absolute atomic E-state index is 0.250. The molecule has 0 aliphatic carbocycles. The molecule has 2 heterocycles. The highest BCUT2D eigenvalue weighted by atomic mass is 35.5. The van der Waals surface area contributed by atoms with Crippen LogP contribution in [0.25, 0.3) is 10.7 Å². The topological polar surface area (TPSA) is 71.9 Å². The van der Waals surface area contributed by atoms with Gasteiger partial charge in [-0.25, -0.2) is 0 Å². The van der Waals surface area contributed by atoms with E-state index in [1.165, 1.54) is 11.3 Å². The summed E-state index contributed by atoms with van der Waals surface area (Å²) in [5.74, 6) is 1.37. The smallest absolute Gasteiger partial charge is 0.247 e. The van der Waals surface area contributed by atoms with E-state index >= 15 is 0 Å². The number of benzene rings is 2. The Kier molecular flexibility index (Phi) is 5.98. The van der Waals surface area contributed by atoms with Gasteiger partial charge >= 0.3 is 0 Å². The van der Waals surface area contributed by atoms with Crippen molar-refractivity contribution in [3.05, 3.63) is 75.8 Å². The Balaban J connectivity index is 1.59. The third-order valence-corrected chi connectivity index (χ3v) is 5.88. The van der Waals surface area contributed by atoms with Gasteiger partial charge in [-0.3, -0.25) is 14.5 Å². The van der Waals surface area contributed by atoms with E-state index in [9.17, 15) is 4.79 Å². The lowest BCUT2D eigenvalue weighted by Gasteiger charge is -2.17. The van der Waals surface area contributed by atoms with Crippen LogP contribution in [0.5, 0.6) is 11.5 Å². The average Bonchev–Trinajstić information content (AvgIpc) is 3.40. The van der Waals surface area contributed by atoms with Crippen molar-refractivity contribution >= 4 is 46.8 Å². The Morgan fingerprint density at radius 1 is 1.17 bits per heavy atom. The maximum Gasteiger partial charge on any atom is 0.247 e. The molecule has 0 saturated heterocycles. The van der Waals surface area contributed by atoms with E-state index in [0.29, 0.717) is 32.8 Å². The van der Waals surface area contributed by atoms with Crippen molar-refractivity contribution in [2.24, 2.45) is 0 Å². The number of thiophene rings is 1. The van der Waals surface area contributed by atoms with Crippen molar-refractivity contribution in [2.75, 3.05) is 5.32 Å². The number of hydrogen-bond donors (Lipinski definition) is 2. The molecule has 0 saturated carbocycles. The van der Waals surface area contributed by atoms with Gasteiger partial charge in [-0.1, -0.05) is 41.9 Å². The maximum atomic E-state index is 13.1. The molecule has 1 atom stereocenters. The third-order valence-electron chi connectivity index (χ3n) is 4.41. The van der Waals surface area contributed by atoms with E-state index in [1.807, 2.05) is 41.8 Å². The number of carbonyl (C=O) groups excluding carboxylic acids is 1. The zero-order chi connectivity index (χ0) is 21.1. The third kappa shape index (κ3) is 4.16. The molecule has 2 N–H and O–H groups in total. The summed E-state index contributed by atoms with van der Waals surface area (Å²) in [6.07, 6.45) is 0. The van der Waals surface area contributed by atoms with Gasteiger partial charge in [0, 0.05) is 0 Å². The highest BCUT2D eigenvalue weighted by molar-refractivity contribution is 7.71. The number of anilines is 1. The summed E-state index contributed by atoms with van der Waals surface area (Å²) in [5.41, 5.74) is 0.530. The Morgan fingerprint density at radius 3 is 2.63 bits per heavy atom. The number of amides is 1. The van der Waals surface area contributed by atoms with Crippen LogP contribution in [0.3, 0.4) is 0 Å². The number of para-hydroxylation sites is 3. The molecule has 2 aromatic carbocycles. The summed E-state index contributed by atoms with van der Waals surface area (Å²) in [7, 11) is 0. The van der Waals surface area contributed by atoms with Crippen molar-refractivity contribution in [3.8, 4) is 22.2 Å². The summed E-state index contributed by atoms with van der Waals surface area (Å²) in [6, 6.07) is 17.6. The first-order valence-electron chi connectivity index (χ1n) is 9.07. The molecule has 1 amide bonds. The van der Waals surface area contributed by atoms with E-state index in [0.717, 1.165) is 4.88 Å². The predicted octanol–water partition coefficient (Wildman–Crippen LogP) is 6.31. The largest absolute Gasteiger partial charge is 0.454 e. The summed E-state index contributed by atoms with van der Waals surface area (Å²) in [5, 5.41) is 12.4. The molecule has 0 bridgehead atoms. The number of nitrogens with zero attached hydrogens (tertiary/aromatic N) is 2. The van der Waals surface area contributed by atoms with Crippen LogP contribution in [0.2, 0.25) is 5.02 Å². The second kappa shape index (κ2) is 8.83. The van der Waals surface area contributed by atoms with Crippen LogP contribution in [0.1, 0.15) is 13.0 Å². The lowest BCUT2D eigenvalue weighted by atomic mass is 10.2. The molecular weight excluding hydrogens is 440 g/mol. The molecule has 6 nitrogen and oxygen atoms in total. The molecule has 0 spiro atoms. The lowest BCUT2D eigenvalue weighted by Crippen LogP contribution is -2.24. The van der Waals surface area contributed by atoms with Crippen LogP contribution in [0.4, 0.5) is 5.69 Å². The molecule has 0 aliphatic rings. The van der Waals surface area contributed by atoms with Gasteiger partial charge in [-0.2, -0.15) is 5.10 Å². The summed E-state index contributed by atoms with van der Waals surface area (Å²) in [6.45, 7) is 1.77. The Morgan fingerprint density at radius 2 is 1.90 bits per heavy atom. The van der Waals surface area contributed by atoms with Gasteiger partial charge in [0.05, 0.1) is 15.6 Å². The molecule has 0 aliphatic heterocycles. The number of ether oxygens (including phenoxy) is 1. The zero-order valence-corrected chi connectivity index (χ0v) is 18.2. The van der Waals surface area contributed by atoms with Crippen molar-refractivity contribution in [1.29, 1.82) is 0 Å². The molecule has 4 rings (SSSR count). The van der Waals surface area contributed by atoms with Gasteiger partial charge in [0.2, 0.25) is 5.91 Å². The normalized spacial score (nSPS) is 11.8. The molecule has 2 aromatic heterocycles. The van der Waals surface area contributed by atoms with Crippen LogP contribution in [-0.4, -0.2) is 20.7 Å². The number of halogens is 1. The van der Waals surface area contributed by atoms with Gasteiger partial charge in [-0.15, -0.1) is 11.3 Å². The Bertz CT molecular complexity index is 1230. The number of H-pyrrole nitrogens is 1. The number of carbonyl (C=O) groups is 1. The first-order valence-corrected chi connectivity index (χ1v) is 10.7. The fourth-order valence-corrected chi connectivity index (χ4v) is 4.08. The highest BCUT2D eigenvalue weighted by Gasteiger charge is 2.22. The molecular formula is C21H17ClN4O2S2. The average molecular weight is 457 g/mol. The Hall–Kier alpha value is -2.94. The Labute approximate surface area is 187 Å². The SMILES string of the molecule is CC(C(=O)Nc1ccccc1Oc1ccccc1Cl)n1c(-c2cccs2)n[nH]c1=S. The van der Waals surface area contributed by atoms with Crippen LogP contribution >= 0.6 is 35.2 Å². The fourth-order valence-electron chi connectivity index (χ4n) is 2.90. The quantitative estimate of drug-likeness (QED) is 0.333. The molecule has 152 valence electrons. The first kappa shape index (κ1) is 20.3. The van der Waals surface area contributed by atoms with Crippen LogP contribution in [0, 0.1) is 4.77 Å². The molecule has 0 fully saturated rings. The highest BCUT2D eigenvalue weighted by Crippen LogP contribution is 2.34. The second-order valence-corrected chi connectivity index (χ2v) is 8.14. The van der Waals surface area contributed by atoms with E-state index in [-0.39, 0.29) is 5.91 Å². The molecule has 1 unspecified atom stereocenters. The molecule has 0 radical (unpaired) electrons. The molecule has 4 aromatic rings. The van der Waals surface area contributed by atoms with E-state index in [4.69, 9.17) is 28.6 Å². The standard InChI is InChI=1S/C21H17ClN4O2S2/c1-13(26-19(24-25-21(26)29)18-11-6-12-30-18)20(27)23-15-8-3-5-10-17(15)28-16-9-4-2-7-14(16)22/h2-13H,1H3,(H,23,27)(H,25,29). The minimum atomic E-state index is -0.596. The van der Waals surface area contributed by atoms with Crippen LogP contribution < -0.4 is 10.1 Å². The van der Waals surface area contributed by atoms with Gasteiger partial charge < -0.3 is 10.1 Å². The number of rotatable bonds is 6. The van der Waals surface area contributed by atoms with Gasteiger partial charge in [0.1, 0.15) is 11.8 Å². The monoisotopic (exact) mass is 456 g/mol. The summed E-state index contributed by atoms with van der Waals surface area (Å²) < 4.78 is 8.01. The molecule has 30 heavy (non-hydrogen) atoms. The number of aromatic amines is 1. The van der Waals surface area contributed by atoms with Crippen molar-refractivity contribution in [2.45, 2.75) is 13.0 Å². The van der Waals surface area contributed by atoms with Gasteiger partial charge in [0.25, 0.3) is 0 Å².